The largest absolute Gasteiger partial charge is 0.339 e. The number of carbonyl (C=O) groups is 1. The summed E-state index contributed by atoms with van der Waals surface area (Å²) in [4.78, 5) is 11.1. The molecule has 0 aromatic carbocycles. The van der Waals surface area contributed by atoms with Crippen molar-refractivity contribution in [2.24, 2.45) is 0 Å². The Morgan fingerprint density at radius 1 is 1.70 bits per heavy atom. The second-order valence-corrected chi connectivity index (χ2v) is 1.91. The van der Waals surface area contributed by atoms with E-state index in [9.17, 15) is 13.6 Å². The van der Waals surface area contributed by atoms with Crippen LogP contribution in [0.5, 0.6) is 0 Å². The number of carbonyl (C=O) groups excluding carboxylic acids is 1. The number of urea groups is 1. The van der Waals surface area contributed by atoms with E-state index >= 15 is 0 Å². The summed E-state index contributed by atoms with van der Waals surface area (Å²) < 4.78 is 23.6. The second kappa shape index (κ2) is 2.37. The highest BCUT2D eigenvalue weighted by atomic mass is 19.3. The Bertz CT molecular complexity index is 151. The van der Waals surface area contributed by atoms with Crippen molar-refractivity contribution in [1.82, 2.24) is 15.3 Å². The predicted octanol–water partition coefficient (Wildman–Crippen LogP) is 0.0385. The van der Waals surface area contributed by atoms with Gasteiger partial charge in [0.15, 0.2) is 0 Å². The number of halogens is 2. The van der Waals surface area contributed by atoms with Crippen LogP contribution < -0.4 is 5.43 Å². The second-order valence-electron chi connectivity index (χ2n) is 1.91. The molecular weight excluding hydrogens is 144 g/mol. The minimum absolute atomic E-state index is 0.118. The molecule has 1 aliphatic heterocycles. The highest BCUT2D eigenvalue weighted by Gasteiger charge is 2.30. The Kier molecular flexibility index (Phi) is 1.71. The summed E-state index contributed by atoms with van der Waals surface area (Å²) in [6.45, 7) is -2.84. The highest BCUT2D eigenvalue weighted by Crippen LogP contribution is 2.08. The minimum atomic E-state index is -2.72. The van der Waals surface area contributed by atoms with Gasteiger partial charge in [-0.3, -0.25) is 9.91 Å². The molecule has 1 rings (SSSR count). The summed E-state index contributed by atoms with van der Waals surface area (Å²) in [5, 5.41) is 1.02. The van der Waals surface area contributed by atoms with E-state index in [0.29, 0.717) is 4.90 Å². The van der Waals surface area contributed by atoms with Gasteiger partial charge in [0.25, 0.3) is 0 Å². The summed E-state index contributed by atoms with van der Waals surface area (Å²) in [5.74, 6) is 0. The molecule has 4 nitrogen and oxygen atoms in total. The monoisotopic (exact) mass is 151 g/mol. The van der Waals surface area contributed by atoms with Crippen molar-refractivity contribution in [3.63, 3.8) is 0 Å². The molecule has 0 unspecified atom stereocenters. The molecule has 6 heteroatoms. The fraction of sp³-hybridized carbons (Fsp3) is 0.750. The Hall–Kier alpha value is -0.910. The zero-order valence-electron chi connectivity index (χ0n) is 5.34. The van der Waals surface area contributed by atoms with Gasteiger partial charge in [0.1, 0.15) is 0 Å². The van der Waals surface area contributed by atoms with Crippen LogP contribution >= 0.6 is 0 Å². The van der Waals surface area contributed by atoms with Gasteiger partial charge in [-0.15, -0.1) is 0 Å². The summed E-state index contributed by atoms with van der Waals surface area (Å²) in [6, 6.07) is -0.699. The zero-order chi connectivity index (χ0) is 7.72. The summed E-state index contributed by atoms with van der Waals surface area (Å²) >= 11 is 0. The quantitative estimate of drug-likeness (QED) is 0.537. The SMILES string of the molecule is CN1NCN(C(F)F)C1=O. The molecule has 0 atom stereocenters. The van der Waals surface area contributed by atoms with E-state index < -0.39 is 12.6 Å². The average molecular weight is 151 g/mol. The van der Waals surface area contributed by atoms with Crippen molar-refractivity contribution in [2.75, 3.05) is 13.7 Å². The molecule has 0 spiro atoms. The van der Waals surface area contributed by atoms with Crippen LogP contribution in [0.1, 0.15) is 0 Å². The molecule has 0 aromatic rings. The fourth-order valence-corrected chi connectivity index (χ4v) is 0.663. The van der Waals surface area contributed by atoms with E-state index in [1.54, 1.807) is 0 Å². The Balaban J connectivity index is 2.57. The lowest BCUT2D eigenvalue weighted by atomic mass is 10.8. The number of hydrogen-bond donors (Lipinski definition) is 1. The van der Waals surface area contributed by atoms with Crippen molar-refractivity contribution in [1.29, 1.82) is 0 Å². The van der Waals surface area contributed by atoms with Crippen LogP contribution in [0.25, 0.3) is 0 Å². The standard InChI is InChI=1S/C4H7F2N3O/c1-8-4(10)9(2-7-8)3(5)6/h3,7H,2H2,1H3. The zero-order valence-corrected chi connectivity index (χ0v) is 5.34. The molecule has 10 heavy (non-hydrogen) atoms. The first-order valence-electron chi connectivity index (χ1n) is 2.69. The third-order valence-electron chi connectivity index (χ3n) is 1.25. The first-order chi connectivity index (χ1) is 4.63. The Morgan fingerprint density at radius 3 is 2.50 bits per heavy atom. The molecule has 0 saturated carbocycles. The van der Waals surface area contributed by atoms with Gasteiger partial charge in [0, 0.05) is 7.05 Å². The topological polar surface area (TPSA) is 35.6 Å². The Morgan fingerprint density at radius 2 is 2.30 bits per heavy atom. The Labute approximate surface area is 56.4 Å². The molecule has 1 N–H and O–H groups in total. The predicted molar refractivity (Wildman–Crippen MR) is 29.0 cm³/mol. The van der Waals surface area contributed by atoms with Crippen molar-refractivity contribution in [3.8, 4) is 0 Å². The van der Waals surface area contributed by atoms with Gasteiger partial charge < -0.3 is 0 Å². The fourth-order valence-electron chi connectivity index (χ4n) is 0.663. The molecule has 0 bridgehead atoms. The molecular formula is C4H7F2N3O. The maximum absolute atomic E-state index is 11.8. The number of amides is 2. The van der Waals surface area contributed by atoms with Crippen molar-refractivity contribution >= 4 is 6.03 Å². The molecule has 1 fully saturated rings. The van der Waals surface area contributed by atoms with Crippen molar-refractivity contribution < 1.29 is 13.6 Å². The molecule has 0 radical (unpaired) electrons. The summed E-state index contributed by atoms with van der Waals surface area (Å²) in [7, 11) is 1.39. The molecule has 0 aromatic heterocycles. The number of rotatable bonds is 1. The van der Waals surface area contributed by atoms with Crippen molar-refractivity contribution in [3.05, 3.63) is 0 Å². The first-order valence-corrected chi connectivity index (χ1v) is 2.69. The lowest BCUT2D eigenvalue weighted by Gasteiger charge is -2.11. The van der Waals surface area contributed by atoms with Gasteiger partial charge in [-0.05, 0) is 0 Å². The molecule has 1 aliphatic rings. The third kappa shape index (κ3) is 1.02. The normalized spacial score (nSPS) is 19.4. The number of hydrogen-bond acceptors (Lipinski definition) is 2. The smallest absolute Gasteiger partial charge is 0.261 e. The van der Waals surface area contributed by atoms with E-state index in [2.05, 4.69) is 5.43 Å². The molecule has 0 aliphatic carbocycles. The van der Waals surface area contributed by atoms with Crippen LogP contribution in [0.3, 0.4) is 0 Å². The number of hydrazine groups is 1. The van der Waals surface area contributed by atoms with Gasteiger partial charge in [0.05, 0.1) is 6.67 Å². The van der Waals surface area contributed by atoms with Crippen LogP contribution in [0.2, 0.25) is 0 Å². The van der Waals surface area contributed by atoms with Gasteiger partial charge >= 0.3 is 12.6 Å². The van der Waals surface area contributed by atoms with Crippen LogP contribution in [-0.4, -0.2) is 36.2 Å². The van der Waals surface area contributed by atoms with Crippen LogP contribution in [-0.2, 0) is 0 Å². The maximum atomic E-state index is 11.8. The first kappa shape index (κ1) is 7.20. The van der Waals surface area contributed by atoms with Gasteiger partial charge in [-0.1, -0.05) is 0 Å². The molecule has 2 amide bonds. The van der Waals surface area contributed by atoms with Gasteiger partial charge in [-0.2, -0.15) is 8.78 Å². The lowest BCUT2D eigenvalue weighted by molar-refractivity contribution is 0.0114. The van der Waals surface area contributed by atoms with E-state index in [4.69, 9.17) is 0 Å². The minimum Gasteiger partial charge on any atom is -0.261 e. The lowest BCUT2D eigenvalue weighted by Crippen LogP contribution is -2.33. The molecule has 1 heterocycles. The van der Waals surface area contributed by atoms with Gasteiger partial charge in [-0.25, -0.2) is 10.2 Å². The summed E-state index contributed by atoms with van der Waals surface area (Å²) in [6.07, 6.45) is 0. The third-order valence-corrected chi connectivity index (χ3v) is 1.25. The van der Waals surface area contributed by atoms with Crippen LogP contribution in [0, 0.1) is 0 Å². The summed E-state index contributed by atoms with van der Waals surface area (Å²) in [5.41, 5.74) is 2.43. The van der Waals surface area contributed by atoms with E-state index in [0.717, 1.165) is 5.01 Å². The van der Waals surface area contributed by atoms with E-state index in [-0.39, 0.29) is 6.67 Å². The number of nitrogens with one attached hydrogen (secondary N) is 1. The van der Waals surface area contributed by atoms with Crippen LogP contribution in [0.15, 0.2) is 0 Å². The molecule has 58 valence electrons. The van der Waals surface area contributed by atoms with Crippen LogP contribution in [0.4, 0.5) is 13.6 Å². The molecule has 1 saturated heterocycles. The van der Waals surface area contributed by atoms with E-state index in [1.165, 1.54) is 7.05 Å². The number of nitrogens with zero attached hydrogens (tertiary/aromatic N) is 2. The van der Waals surface area contributed by atoms with E-state index in [1.807, 2.05) is 0 Å². The van der Waals surface area contributed by atoms with Crippen molar-refractivity contribution in [2.45, 2.75) is 6.55 Å². The van der Waals surface area contributed by atoms with Gasteiger partial charge in [0.2, 0.25) is 0 Å². The average Bonchev–Trinajstić information content (AvgIpc) is 2.14. The maximum Gasteiger partial charge on any atom is 0.339 e. The highest BCUT2D eigenvalue weighted by molar-refractivity contribution is 5.75. The number of alkyl halides is 2.